The van der Waals surface area contributed by atoms with Gasteiger partial charge in [-0.05, 0) is 107 Å². The van der Waals surface area contributed by atoms with Crippen LogP contribution >= 0.6 is 31.9 Å². The number of hydrogen-bond donors (Lipinski definition) is 1. The number of rotatable bonds is 12. The number of hydrogen-bond acceptors (Lipinski definition) is 5. The number of carbonyl (C=O) groups is 1. The van der Waals surface area contributed by atoms with Crippen molar-refractivity contribution in [1.82, 2.24) is 4.90 Å². The van der Waals surface area contributed by atoms with E-state index in [4.69, 9.17) is 9.47 Å². The monoisotopic (exact) mass is 578 g/mol. The topological polar surface area (TPSA) is 50.8 Å². The van der Waals surface area contributed by atoms with Gasteiger partial charge >= 0.3 is 0 Å². The molecule has 0 spiro atoms. The molecular weight excluding hydrogens is 548 g/mol. The third-order valence-electron chi connectivity index (χ3n) is 5.66. The van der Waals surface area contributed by atoms with Crippen LogP contribution in [-0.4, -0.2) is 57.7 Å². The van der Waals surface area contributed by atoms with Crippen LogP contribution < -0.4 is 10.1 Å². The van der Waals surface area contributed by atoms with Crippen LogP contribution in [0.25, 0.3) is 11.6 Å². The lowest BCUT2D eigenvalue weighted by molar-refractivity contribution is -0.103. The van der Waals surface area contributed by atoms with Crippen LogP contribution in [-0.2, 0) is 9.53 Å². The summed E-state index contributed by atoms with van der Waals surface area (Å²) in [6, 6.07) is 9.93. The van der Waals surface area contributed by atoms with E-state index >= 15 is 0 Å². The highest BCUT2D eigenvalue weighted by Gasteiger charge is 2.12. The Balaban J connectivity index is 1.57. The molecule has 1 aliphatic heterocycles. The minimum absolute atomic E-state index is 0.477. The lowest BCUT2D eigenvalue weighted by Gasteiger charge is -2.15. The van der Waals surface area contributed by atoms with Crippen LogP contribution in [0.2, 0.25) is 0 Å². The highest BCUT2D eigenvalue weighted by Crippen LogP contribution is 2.36. The summed E-state index contributed by atoms with van der Waals surface area (Å²) < 4.78 is 13.3. The first-order chi connectivity index (χ1) is 16.0. The van der Waals surface area contributed by atoms with Gasteiger partial charge in [-0.15, -0.1) is 0 Å². The van der Waals surface area contributed by atoms with Crippen LogP contribution in [0.1, 0.15) is 36.0 Å². The first kappa shape index (κ1) is 25.9. The minimum Gasteiger partial charge on any atom is -0.489 e. The summed E-state index contributed by atoms with van der Waals surface area (Å²) in [5, 5.41) is 3.16. The summed E-state index contributed by atoms with van der Waals surface area (Å²) >= 11 is 7.21. The van der Waals surface area contributed by atoms with Crippen molar-refractivity contribution in [1.29, 1.82) is 0 Å². The Kier molecular flexibility index (Phi) is 10.4. The Morgan fingerprint density at radius 2 is 1.82 bits per heavy atom. The lowest BCUT2D eigenvalue weighted by atomic mass is 10.00. The zero-order valence-electron chi connectivity index (χ0n) is 19.3. The van der Waals surface area contributed by atoms with E-state index in [1.165, 1.54) is 25.9 Å². The van der Waals surface area contributed by atoms with Gasteiger partial charge in [0.2, 0.25) is 0 Å². The second-order valence-corrected chi connectivity index (χ2v) is 9.90. The van der Waals surface area contributed by atoms with E-state index in [1.54, 1.807) is 0 Å². The maximum absolute atomic E-state index is 11.9. The Hall–Kier alpha value is -1.67. The number of halogens is 2. The van der Waals surface area contributed by atoms with E-state index in [0.29, 0.717) is 18.8 Å². The zero-order chi connectivity index (χ0) is 23.6. The first-order valence-electron chi connectivity index (χ1n) is 11.4. The number of nitrogens with one attached hydrogen (secondary N) is 1. The van der Waals surface area contributed by atoms with Gasteiger partial charge in [0, 0.05) is 37.0 Å². The number of likely N-dealkylation sites (tertiary alicyclic amines) is 1. The van der Waals surface area contributed by atoms with Gasteiger partial charge in [0.25, 0.3) is 0 Å². The second kappa shape index (κ2) is 13.3. The van der Waals surface area contributed by atoms with Crippen molar-refractivity contribution in [2.45, 2.75) is 26.2 Å². The molecule has 1 aliphatic rings. The van der Waals surface area contributed by atoms with Gasteiger partial charge in [0.15, 0.2) is 6.29 Å². The standard InChI is InChI=1S/C26H32Br2N2O3/c1-19-6-7-25(29-2)22(14-19)21(18-31)15-20-16-23(27)26(24(28)17-20)33-13-12-32-11-5-10-30-8-3-4-9-30/h6-7,14-18,29H,3-5,8-13H2,1-2H3/b21-15+. The molecule has 0 atom stereocenters. The predicted molar refractivity (Wildman–Crippen MR) is 143 cm³/mol. The molecular formula is C26H32Br2N2O3. The molecule has 178 valence electrons. The van der Waals surface area contributed by atoms with Crippen molar-refractivity contribution in [2.75, 3.05) is 51.8 Å². The van der Waals surface area contributed by atoms with Crippen LogP contribution in [0.5, 0.6) is 5.75 Å². The summed E-state index contributed by atoms with van der Waals surface area (Å²) in [5.74, 6) is 0.729. The van der Waals surface area contributed by atoms with E-state index in [-0.39, 0.29) is 0 Å². The number of allylic oxidation sites excluding steroid dienone is 1. The number of benzene rings is 2. The van der Waals surface area contributed by atoms with E-state index in [1.807, 2.05) is 50.4 Å². The minimum atomic E-state index is 0.477. The van der Waals surface area contributed by atoms with Gasteiger partial charge in [-0.2, -0.15) is 0 Å². The van der Waals surface area contributed by atoms with Gasteiger partial charge in [-0.1, -0.05) is 11.6 Å². The molecule has 2 aromatic carbocycles. The number of aldehydes is 1. The Morgan fingerprint density at radius 3 is 2.48 bits per heavy atom. The molecule has 33 heavy (non-hydrogen) atoms. The summed E-state index contributed by atoms with van der Waals surface area (Å²) in [7, 11) is 1.85. The average Bonchev–Trinajstić information content (AvgIpc) is 3.32. The van der Waals surface area contributed by atoms with Gasteiger partial charge in [-0.25, -0.2) is 0 Å². The van der Waals surface area contributed by atoms with Crippen molar-refractivity contribution in [2.24, 2.45) is 0 Å². The van der Waals surface area contributed by atoms with Gasteiger partial charge in [0.1, 0.15) is 12.4 Å². The van der Waals surface area contributed by atoms with Crippen LogP contribution in [0.15, 0.2) is 39.3 Å². The highest BCUT2D eigenvalue weighted by molar-refractivity contribution is 9.11. The fourth-order valence-corrected chi connectivity index (χ4v) is 5.42. The molecule has 1 fully saturated rings. The summed E-state index contributed by atoms with van der Waals surface area (Å²) in [6.45, 7) is 7.38. The molecule has 0 amide bonds. The molecule has 7 heteroatoms. The van der Waals surface area contributed by atoms with Crippen molar-refractivity contribution in [3.8, 4) is 5.75 Å². The van der Waals surface area contributed by atoms with Gasteiger partial charge < -0.3 is 19.7 Å². The van der Waals surface area contributed by atoms with E-state index < -0.39 is 0 Å². The molecule has 1 N–H and O–H groups in total. The Labute approximate surface area is 213 Å². The predicted octanol–water partition coefficient (Wildman–Crippen LogP) is 6.18. The van der Waals surface area contributed by atoms with Crippen molar-refractivity contribution < 1.29 is 14.3 Å². The molecule has 2 aromatic rings. The molecule has 0 aliphatic carbocycles. The maximum atomic E-state index is 11.9. The Bertz CT molecular complexity index is 949. The molecule has 0 radical (unpaired) electrons. The SMILES string of the molecule is CNc1ccc(C)cc1/C(C=O)=C/c1cc(Br)c(OCCOCCCN2CCCC2)c(Br)c1. The maximum Gasteiger partial charge on any atom is 0.150 e. The molecule has 0 bridgehead atoms. The van der Waals surface area contributed by atoms with E-state index in [2.05, 4.69) is 42.1 Å². The van der Waals surface area contributed by atoms with Gasteiger partial charge in [-0.3, -0.25) is 4.79 Å². The number of carbonyl (C=O) groups excluding carboxylic acids is 1. The van der Waals surface area contributed by atoms with E-state index in [9.17, 15) is 4.79 Å². The quantitative estimate of drug-likeness (QED) is 0.141. The van der Waals surface area contributed by atoms with Gasteiger partial charge in [0.05, 0.1) is 15.6 Å². The molecule has 0 saturated carbocycles. The molecule has 3 rings (SSSR count). The van der Waals surface area contributed by atoms with Crippen LogP contribution in [0.3, 0.4) is 0 Å². The number of aryl methyl sites for hydroxylation is 1. The number of nitrogens with zero attached hydrogens (tertiary/aromatic N) is 1. The highest BCUT2D eigenvalue weighted by atomic mass is 79.9. The lowest BCUT2D eigenvalue weighted by Crippen LogP contribution is -2.21. The summed E-state index contributed by atoms with van der Waals surface area (Å²) in [4.78, 5) is 14.4. The Morgan fingerprint density at radius 1 is 1.09 bits per heavy atom. The fourth-order valence-electron chi connectivity index (χ4n) is 3.97. The third kappa shape index (κ3) is 7.67. The molecule has 5 nitrogen and oxygen atoms in total. The number of anilines is 1. The number of ether oxygens (including phenoxy) is 2. The van der Waals surface area contributed by atoms with Crippen molar-refractivity contribution >= 4 is 55.5 Å². The molecule has 1 saturated heterocycles. The van der Waals surface area contributed by atoms with Crippen LogP contribution in [0, 0.1) is 6.92 Å². The summed E-state index contributed by atoms with van der Waals surface area (Å²) in [6.07, 6.45) is 6.48. The zero-order valence-corrected chi connectivity index (χ0v) is 22.5. The molecule has 0 unspecified atom stereocenters. The van der Waals surface area contributed by atoms with E-state index in [0.717, 1.165) is 62.9 Å². The average molecular weight is 580 g/mol. The smallest absolute Gasteiger partial charge is 0.150 e. The van der Waals surface area contributed by atoms with Crippen molar-refractivity contribution in [3.05, 3.63) is 56.0 Å². The fraction of sp³-hybridized carbons (Fsp3) is 0.423. The normalized spacial score (nSPS) is 14.5. The van der Waals surface area contributed by atoms with Crippen LogP contribution in [0.4, 0.5) is 5.69 Å². The summed E-state index contributed by atoms with van der Waals surface area (Å²) in [5.41, 5.74) is 4.39. The first-order valence-corrected chi connectivity index (χ1v) is 13.0. The second-order valence-electron chi connectivity index (χ2n) is 8.19. The largest absolute Gasteiger partial charge is 0.489 e. The molecule has 0 aromatic heterocycles. The van der Waals surface area contributed by atoms with Crippen molar-refractivity contribution in [3.63, 3.8) is 0 Å². The molecule has 1 heterocycles. The third-order valence-corrected chi connectivity index (χ3v) is 6.84.